The van der Waals surface area contributed by atoms with Gasteiger partial charge in [-0.05, 0) is 53.1 Å². The van der Waals surface area contributed by atoms with Gasteiger partial charge < -0.3 is 5.73 Å². The maximum atomic E-state index is 12.4. The van der Waals surface area contributed by atoms with E-state index in [0.717, 1.165) is 25.7 Å². The van der Waals surface area contributed by atoms with Gasteiger partial charge in [0, 0.05) is 16.7 Å². The van der Waals surface area contributed by atoms with Gasteiger partial charge in [-0.3, -0.25) is 0 Å². The van der Waals surface area contributed by atoms with Crippen LogP contribution >= 0.6 is 15.9 Å². The molecule has 1 fully saturated rings. The highest BCUT2D eigenvalue weighted by molar-refractivity contribution is 9.10. The van der Waals surface area contributed by atoms with Crippen LogP contribution in [0.4, 0.5) is 5.82 Å². The molecule has 0 radical (unpaired) electrons. The number of hydrogen-bond acceptors (Lipinski definition) is 4. The zero-order valence-electron chi connectivity index (χ0n) is 11.7. The summed E-state index contributed by atoms with van der Waals surface area (Å²) < 4.78 is 28.1. The third kappa shape index (κ3) is 3.71. The van der Waals surface area contributed by atoms with Gasteiger partial charge in [0.1, 0.15) is 10.7 Å². The van der Waals surface area contributed by atoms with Crippen molar-refractivity contribution in [2.75, 3.05) is 5.73 Å². The molecule has 3 N–H and O–H groups in total. The fourth-order valence-electron chi connectivity index (χ4n) is 2.45. The average molecular weight is 362 g/mol. The molecule has 112 valence electrons. The maximum absolute atomic E-state index is 12.4. The molecule has 1 aromatic heterocycles. The molecule has 20 heavy (non-hydrogen) atoms. The van der Waals surface area contributed by atoms with Crippen molar-refractivity contribution < 1.29 is 8.42 Å². The van der Waals surface area contributed by atoms with Gasteiger partial charge in [-0.15, -0.1) is 0 Å². The van der Waals surface area contributed by atoms with E-state index in [-0.39, 0.29) is 16.8 Å². The Morgan fingerprint density at radius 2 is 2.00 bits per heavy atom. The van der Waals surface area contributed by atoms with Gasteiger partial charge in [-0.25, -0.2) is 18.1 Å². The van der Waals surface area contributed by atoms with Crippen LogP contribution in [0.3, 0.4) is 0 Å². The first-order chi connectivity index (χ1) is 9.20. The maximum Gasteiger partial charge on any atom is 0.244 e. The molecule has 0 aliphatic heterocycles. The van der Waals surface area contributed by atoms with Crippen molar-refractivity contribution in [3.63, 3.8) is 0 Å². The fraction of sp³-hybridized carbons (Fsp3) is 0.615. The second-order valence-corrected chi connectivity index (χ2v) is 8.69. The number of anilines is 1. The van der Waals surface area contributed by atoms with Crippen LogP contribution in [0.25, 0.3) is 0 Å². The van der Waals surface area contributed by atoms with E-state index in [1.807, 2.05) is 0 Å². The van der Waals surface area contributed by atoms with Gasteiger partial charge in [-0.1, -0.05) is 13.8 Å². The van der Waals surface area contributed by atoms with E-state index in [4.69, 9.17) is 5.73 Å². The van der Waals surface area contributed by atoms with E-state index in [2.05, 4.69) is 39.5 Å². The summed E-state index contributed by atoms with van der Waals surface area (Å²) in [5.74, 6) is 0.0249. The van der Waals surface area contributed by atoms with Gasteiger partial charge in [0.25, 0.3) is 0 Å². The number of hydrogen-bond donors (Lipinski definition) is 2. The number of nitrogens with zero attached hydrogens (tertiary/aromatic N) is 1. The fourth-order valence-corrected chi connectivity index (χ4v) is 4.34. The first kappa shape index (κ1) is 15.7. The summed E-state index contributed by atoms with van der Waals surface area (Å²) in [6.45, 7) is 4.43. The highest BCUT2D eigenvalue weighted by Gasteiger charge is 2.30. The number of sulfonamides is 1. The number of nitrogens with one attached hydrogen (secondary N) is 1. The van der Waals surface area contributed by atoms with Crippen LogP contribution in [0.5, 0.6) is 0 Å². The predicted octanol–water partition coefficient (Wildman–Crippen LogP) is 2.67. The Hall–Kier alpha value is -0.660. The first-order valence-electron chi connectivity index (χ1n) is 6.63. The lowest BCUT2D eigenvalue weighted by atomic mass is 9.76. The topological polar surface area (TPSA) is 85.1 Å². The summed E-state index contributed by atoms with van der Waals surface area (Å²) in [4.78, 5) is 3.91. The second kappa shape index (κ2) is 5.61. The van der Waals surface area contributed by atoms with Gasteiger partial charge in [-0.2, -0.15) is 0 Å². The molecule has 0 unspecified atom stereocenters. The third-order valence-corrected chi connectivity index (χ3v) is 5.78. The normalized spacial score (nSPS) is 19.9. The number of halogens is 1. The Kier molecular flexibility index (Phi) is 4.41. The minimum absolute atomic E-state index is 0.0218. The molecule has 2 rings (SSSR count). The molecule has 0 amide bonds. The van der Waals surface area contributed by atoms with E-state index in [1.54, 1.807) is 0 Å². The van der Waals surface area contributed by atoms with Crippen molar-refractivity contribution in [1.82, 2.24) is 9.71 Å². The van der Waals surface area contributed by atoms with E-state index < -0.39 is 10.0 Å². The summed E-state index contributed by atoms with van der Waals surface area (Å²) in [5, 5.41) is 0. The summed E-state index contributed by atoms with van der Waals surface area (Å²) in [7, 11) is -3.62. The van der Waals surface area contributed by atoms with Crippen molar-refractivity contribution in [3.8, 4) is 0 Å². The molecule has 0 spiro atoms. The third-order valence-electron chi connectivity index (χ3n) is 3.80. The lowest BCUT2D eigenvalue weighted by Gasteiger charge is -2.34. The lowest BCUT2D eigenvalue weighted by Crippen LogP contribution is -2.39. The number of nitrogen functional groups attached to an aromatic ring is 1. The van der Waals surface area contributed by atoms with Gasteiger partial charge in [0.15, 0.2) is 0 Å². The van der Waals surface area contributed by atoms with E-state index in [0.29, 0.717) is 9.89 Å². The lowest BCUT2D eigenvalue weighted by molar-refractivity contribution is 0.218. The summed E-state index contributed by atoms with van der Waals surface area (Å²) in [6, 6.07) is 1.46. The minimum atomic E-state index is -3.62. The number of pyridine rings is 1. The Morgan fingerprint density at radius 3 is 2.60 bits per heavy atom. The van der Waals surface area contributed by atoms with Crippen molar-refractivity contribution in [2.45, 2.75) is 50.5 Å². The molecule has 0 atom stereocenters. The Labute approximate surface area is 128 Å². The van der Waals surface area contributed by atoms with Crippen LogP contribution in [0.15, 0.2) is 21.6 Å². The van der Waals surface area contributed by atoms with Crippen molar-refractivity contribution in [1.29, 1.82) is 0 Å². The summed E-state index contributed by atoms with van der Waals surface area (Å²) in [5.41, 5.74) is 5.98. The second-order valence-electron chi connectivity index (χ2n) is 6.10. The van der Waals surface area contributed by atoms with E-state index in [9.17, 15) is 8.42 Å². The zero-order chi connectivity index (χ0) is 15.0. The van der Waals surface area contributed by atoms with Gasteiger partial charge in [0.2, 0.25) is 10.0 Å². The van der Waals surface area contributed by atoms with E-state index in [1.165, 1.54) is 12.3 Å². The highest BCUT2D eigenvalue weighted by Crippen LogP contribution is 2.35. The zero-order valence-corrected chi connectivity index (χ0v) is 14.1. The quantitative estimate of drug-likeness (QED) is 0.866. The van der Waals surface area contributed by atoms with Crippen molar-refractivity contribution in [2.24, 2.45) is 5.41 Å². The van der Waals surface area contributed by atoms with Crippen LogP contribution in [-0.2, 0) is 10.0 Å². The molecular weight excluding hydrogens is 342 g/mol. The molecule has 5 nitrogen and oxygen atoms in total. The van der Waals surface area contributed by atoms with Crippen LogP contribution < -0.4 is 10.5 Å². The van der Waals surface area contributed by atoms with Crippen molar-refractivity contribution in [3.05, 3.63) is 16.7 Å². The number of rotatable bonds is 3. The Balaban J connectivity index is 2.14. The molecule has 0 aromatic carbocycles. The molecule has 1 aliphatic rings. The summed E-state index contributed by atoms with van der Waals surface area (Å²) >= 11 is 3.22. The van der Waals surface area contributed by atoms with Crippen LogP contribution in [0.2, 0.25) is 0 Å². The molecule has 0 bridgehead atoms. The molecule has 7 heteroatoms. The van der Waals surface area contributed by atoms with Gasteiger partial charge in [0.05, 0.1) is 0 Å². The monoisotopic (exact) mass is 361 g/mol. The first-order valence-corrected chi connectivity index (χ1v) is 8.91. The van der Waals surface area contributed by atoms with Gasteiger partial charge >= 0.3 is 0 Å². The summed E-state index contributed by atoms with van der Waals surface area (Å²) in [6.07, 6.45) is 5.23. The van der Waals surface area contributed by atoms with E-state index >= 15 is 0 Å². The number of nitrogens with two attached hydrogens (primary N) is 1. The molecule has 1 aromatic rings. The minimum Gasteiger partial charge on any atom is -0.383 e. The largest absolute Gasteiger partial charge is 0.383 e. The van der Waals surface area contributed by atoms with Crippen LogP contribution in [-0.4, -0.2) is 19.4 Å². The standard InChI is InChI=1S/C13H20BrN3O2S/c1-13(2)5-3-10(4-6-13)17-20(18,19)11-7-9(14)8-16-12(11)15/h7-8,10,17H,3-6H2,1-2H3,(H2,15,16). The molecule has 1 aliphatic carbocycles. The Bertz CT molecular complexity index is 592. The SMILES string of the molecule is CC1(C)CCC(NS(=O)(=O)c2cc(Br)cnc2N)CC1. The molecule has 1 saturated carbocycles. The molecule has 0 saturated heterocycles. The van der Waals surface area contributed by atoms with Crippen LogP contribution in [0.1, 0.15) is 39.5 Å². The predicted molar refractivity (Wildman–Crippen MR) is 82.7 cm³/mol. The molecule has 1 heterocycles. The van der Waals surface area contributed by atoms with Crippen LogP contribution in [0, 0.1) is 5.41 Å². The van der Waals surface area contributed by atoms with Crippen molar-refractivity contribution >= 4 is 31.8 Å². The Morgan fingerprint density at radius 1 is 1.40 bits per heavy atom. The number of aromatic nitrogens is 1. The molecular formula is C13H20BrN3O2S. The smallest absolute Gasteiger partial charge is 0.244 e. The highest BCUT2D eigenvalue weighted by atomic mass is 79.9. The average Bonchev–Trinajstić information content (AvgIpc) is 2.35.